The molecule has 96 valence electrons. The van der Waals surface area contributed by atoms with Gasteiger partial charge in [-0.15, -0.1) is 0 Å². The van der Waals surface area contributed by atoms with Crippen LogP contribution in [-0.2, 0) is 0 Å². The van der Waals surface area contributed by atoms with Crippen molar-refractivity contribution in [3.63, 3.8) is 0 Å². The third-order valence-corrected chi connectivity index (χ3v) is 3.02. The van der Waals surface area contributed by atoms with E-state index in [0.29, 0.717) is 18.9 Å². The summed E-state index contributed by atoms with van der Waals surface area (Å²) in [4.78, 5) is 0. The molecule has 0 aliphatic heterocycles. The van der Waals surface area contributed by atoms with Crippen LogP contribution in [0.5, 0.6) is 5.75 Å². The second-order valence-corrected chi connectivity index (χ2v) is 5.30. The predicted octanol–water partition coefficient (Wildman–Crippen LogP) is 3.62. The summed E-state index contributed by atoms with van der Waals surface area (Å²) in [7, 11) is 0. The second kappa shape index (κ2) is 6.22. The number of hydrogen-bond acceptors (Lipinski definition) is 2. The van der Waals surface area contributed by atoms with Gasteiger partial charge in [-0.25, -0.2) is 4.39 Å². The van der Waals surface area contributed by atoms with Gasteiger partial charge >= 0.3 is 0 Å². The molecule has 2 N–H and O–H groups in total. The lowest BCUT2D eigenvalue weighted by Crippen LogP contribution is -2.23. The van der Waals surface area contributed by atoms with Crippen molar-refractivity contribution in [3.05, 3.63) is 29.0 Å². The molecule has 17 heavy (non-hydrogen) atoms. The van der Waals surface area contributed by atoms with Gasteiger partial charge in [-0.1, -0.05) is 25.4 Å². The molecule has 1 aromatic rings. The monoisotopic (exact) mass is 259 g/mol. The topological polar surface area (TPSA) is 35.2 Å². The number of nitrogens with two attached hydrogens (primary N) is 1. The molecule has 0 aliphatic carbocycles. The summed E-state index contributed by atoms with van der Waals surface area (Å²) in [5, 5.41) is 0.113. The van der Waals surface area contributed by atoms with Gasteiger partial charge in [0.15, 0.2) is 0 Å². The molecule has 4 heteroatoms. The van der Waals surface area contributed by atoms with Crippen molar-refractivity contribution in [3.8, 4) is 5.75 Å². The summed E-state index contributed by atoms with van der Waals surface area (Å²) in [6.45, 7) is 5.46. The zero-order valence-corrected chi connectivity index (χ0v) is 11.1. The van der Waals surface area contributed by atoms with Crippen molar-refractivity contribution in [1.82, 2.24) is 0 Å². The van der Waals surface area contributed by atoms with Crippen molar-refractivity contribution in [2.45, 2.75) is 26.7 Å². The predicted molar refractivity (Wildman–Crippen MR) is 69.0 cm³/mol. The van der Waals surface area contributed by atoms with Gasteiger partial charge < -0.3 is 10.5 Å². The van der Waals surface area contributed by atoms with Crippen LogP contribution in [0.25, 0.3) is 0 Å². The molecule has 0 fully saturated rings. The van der Waals surface area contributed by atoms with Gasteiger partial charge in [0.05, 0.1) is 11.6 Å². The number of benzene rings is 1. The molecular formula is C13H19ClFNO. The minimum absolute atomic E-state index is 0.113. The normalized spacial score (nSPS) is 11.6. The highest BCUT2D eigenvalue weighted by Gasteiger charge is 2.14. The number of hydrogen-bond donors (Lipinski definition) is 1. The molecule has 1 rings (SSSR count). The Labute approximate surface area is 107 Å². The first-order chi connectivity index (χ1) is 7.94. The lowest BCUT2D eigenvalue weighted by molar-refractivity contribution is 0.260. The third kappa shape index (κ3) is 4.92. The summed E-state index contributed by atoms with van der Waals surface area (Å²) in [6, 6.07) is 4.46. The summed E-state index contributed by atoms with van der Waals surface area (Å²) >= 11 is 5.58. The van der Waals surface area contributed by atoms with E-state index in [1.54, 1.807) is 6.07 Å². The van der Waals surface area contributed by atoms with Gasteiger partial charge in [-0.2, -0.15) is 0 Å². The Morgan fingerprint density at radius 1 is 1.41 bits per heavy atom. The standard InChI is InChI=1S/C13H19ClFNO/c1-13(2,9-16)6-3-7-17-10-4-5-11(14)12(15)8-10/h4-5,8H,3,6-7,9,16H2,1-2H3. The third-order valence-electron chi connectivity index (χ3n) is 2.71. The summed E-state index contributed by atoms with van der Waals surface area (Å²) in [5.74, 6) is 0.0592. The first-order valence-corrected chi connectivity index (χ1v) is 6.10. The molecule has 2 nitrogen and oxygen atoms in total. The van der Waals surface area contributed by atoms with Crippen LogP contribution < -0.4 is 10.5 Å². The molecule has 0 saturated heterocycles. The fraction of sp³-hybridized carbons (Fsp3) is 0.538. The number of rotatable bonds is 6. The van der Waals surface area contributed by atoms with E-state index in [9.17, 15) is 4.39 Å². The lowest BCUT2D eigenvalue weighted by atomic mass is 9.88. The maximum Gasteiger partial charge on any atom is 0.145 e. The Balaban J connectivity index is 2.34. The van der Waals surface area contributed by atoms with Crippen LogP contribution in [0, 0.1) is 11.2 Å². The maximum atomic E-state index is 13.1. The molecule has 0 aromatic heterocycles. The molecule has 0 atom stereocenters. The molecule has 0 spiro atoms. The van der Waals surface area contributed by atoms with E-state index in [2.05, 4.69) is 13.8 Å². The molecule has 0 radical (unpaired) electrons. The van der Waals surface area contributed by atoms with Crippen LogP contribution in [0.1, 0.15) is 26.7 Å². The van der Waals surface area contributed by atoms with E-state index in [4.69, 9.17) is 22.1 Å². The van der Waals surface area contributed by atoms with Crippen molar-refractivity contribution in [2.24, 2.45) is 11.1 Å². The molecular weight excluding hydrogens is 241 g/mol. The quantitative estimate of drug-likeness (QED) is 0.792. The van der Waals surface area contributed by atoms with Gasteiger partial charge in [-0.3, -0.25) is 0 Å². The SMILES string of the molecule is CC(C)(CN)CCCOc1ccc(Cl)c(F)c1. The smallest absolute Gasteiger partial charge is 0.145 e. The zero-order valence-electron chi connectivity index (χ0n) is 10.3. The Morgan fingerprint density at radius 3 is 2.71 bits per heavy atom. The largest absolute Gasteiger partial charge is 0.493 e. The number of ether oxygens (including phenoxy) is 1. The van der Waals surface area contributed by atoms with Crippen molar-refractivity contribution < 1.29 is 9.13 Å². The Hall–Kier alpha value is -0.800. The highest BCUT2D eigenvalue weighted by atomic mass is 35.5. The molecule has 0 aliphatic rings. The highest BCUT2D eigenvalue weighted by molar-refractivity contribution is 6.30. The van der Waals surface area contributed by atoms with E-state index < -0.39 is 5.82 Å². The van der Waals surface area contributed by atoms with E-state index in [-0.39, 0.29) is 10.4 Å². The minimum atomic E-state index is -0.452. The first-order valence-electron chi connectivity index (χ1n) is 5.72. The molecule has 0 amide bonds. The Bertz CT molecular complexity index is 368. The fourth-order valence-corrected chi connectivity index (χ4v) is 1.53. The Kier molecular flexibility index (Phi) is 5.22. The van der Waals surface area contributed by atoms with E-state index in [0.717, 1.165) is 12.8 Å². The van der Waals surface area contributed by atoms with Gasteiger partial charge in [0.2, 0.25) is 0 Å². The average molecular weight is 260 g/mol. The van der Waals surface area contributed by atoms with E-state index >= 15 is 0 Å². The average Bonchev–Trinajstić information content (AvgIpc) is 2.29. The summed E-state index contributed by atoms with van der Waals surface area (Å²) < 4.78 is 18.5. The lowest BCUT2D eigenvalue weighted by Gasteiger charge is -2.21. The summed E-state index contributed by atoms with van der Waals surface area (Å²) in [5.41, 5.74) is 5.76. The molecule has 0 bridgehead atoms. The number of halogens is 2. The van der Waals surface area contributed by atoms with Crippen LogP contribution in [0.4, 0.5) is 4.39 Å². The van der Waals surface area contributed by atoms with Crippen LogP contribution >= 0.6 is 11.6 Å². The van der Waals surface area contributed by atoms with Gasteiger partial charge in [-0.05, 0) is 36.9 Å². The van der Waals surface area contributed by atoms with Crippen LogP contribution in [0.15, 0.2) is 18.2 Å². The first kappa shape index (κ1) is 14.3. The van der Waals surface area contributed by atoms with Crippen LogP contribution in [-0.4, -0.2) is 13.2 Å². The van der Waals surface area contributed by atoms with Crippen molar-refractivity contribution in [1.29, 1.82) is 0 Å². The van der Waals surface area contributed by atoms with Crippen LogP contribution in [0.3, 0.4) is 0 Å². The van der Waals surface area contributed by atoms with Gasteiger partial charge in [0.1, 0.15) is 11.6 Å². The molecule has 0 unspecified atom stereocenters. The minimum Gasteiger partial charge on any atom is -0.493 e. The highest BCUT2D eigenvalue weighted by Crippen LogP contribution is 2.22. The zero-order chi connectivity index (χ0) is 12.9. The summed E-state index contributed by atoms with van der Waals surface area (Å²) in [6.07, 6.45) is 1.88. The Morgan fingerprint density at radius 2 is 2.12 bits per heavy atom. The molecule has 0 heterocycles. The second-order valence-electron chi connectivity index (χ2n) is 4.90. The van der Waals surface area contributed by atoms with Crippen molar-refractivity contribution >= 4 is 11.6 Å². The molecule has 1 aromatic carbocycles. The van der Waals surface area contributed by atoms with Crippen LogP contribution in [0.2, 0.25) is 5.02 Å². The van der Waals surface area contributed by atoms with E-state index in [1.807, 2.05) is 0 Å². The van der Waals surface area contributed by atoms with E-state index in [1.165, 1.54) is 12.1 Å². The van der Waals surface area contributed by atoms with Gasteiger partial charge in [0.25, 0.3) is 0 Å². The maximum absolute atomic E-state index is 13.1. The molecule has 0 saturated carbocycles. The van der Waals surface area contributed by atoms with Gasteiger partial charge in [0, 0.05) is 6.07 Å². The fourth-order valence-electron chi connectivity index (χ4n) is 1.41. The van der Waals surface area contributed by atoms with Crippen molar-refractivity contribution in [2.75, 3.05) is 13.2 Å².